The number of likely N-dealkylation sites (tertiary alicyclic amines) is 1. The fraction of sp³-hybridized carbons (Fsp3) is 0.606. The Morgan fingerprint density at radius 3 is 2.48 bits per heavy atom. The highest BCUT2D eigenvalue weighted by Crippen LogP contribution is 2.40. The summed E-state index contributed by atoms with van der Waals surface area (Å²) in [6.07, 6.45) is 9.38. The van der Waals surface area contributed by atoms with E-state index >= 15 is 0 Å². The lowest BCUT2D eigenvalue weighted by atomic mass is 9.76. The second-order valence-corrected chi connectivity index (χ2v) is 13.2. The molecule has 1 aliphatic carbocycles. The largest absolute Gasteiger partial charge is 0.491 e. The van der Waals surface area contributed by atoms with Gasteiger partial charge in [0.2, 0.25) is 5.91 Å². The zero-order valence-electron chi connectivity index (χ0n) is 24.2. The molecule has 5 rings (SSSR count). The number of piperazine rings is 1. The Morgan fingerprint density at radius 1 is 0.975 bits per heavy atom. The van der Waals surface area contributed by atoms with Crippen molar-refractivity contribution in [3.63, 3.8) is 0 Å². The van der Waals surface area contributed by atoms with Crippen molar-refractivity contribution < 1.29 is 9.53 Å². The molecule has 2 aromatic rings. The monoisotopic (exact) mass is 585 g/mol. The van der Waals surface area contributed by atoms with Gasteiger partial charge in [0.1, 0.15) is 5.75 Å². The van der Waals surface area contributed by atoms with Crippen LogP contribution in [-0.4, -0.2) is 78.6 Å². The van der Waals surface area contributed by atoms with Crippen molar-refractivity contribution in [1.82, 2.24) is 14.7 Å². The quantitative estimate of drug-likeness (QED) is 0.323. The van der Waals surface area contributed by atoms with Crippen molar-refractivity contribution in [3.8, 4) is 5.75 Å². The van der Waals surface area contributed by atoms with Gasteiger partial charge in [0.05, 0.1) is 22.6 Å². The molecule has 40 heavy (non-hydrogen) atoms. The van der Waals surface area contributed by atoms with Crippen molar-refractivity contribution in [1.29, 1.82) is 0 Å². The number of amides is 1. The average Bonchev–Trinajstić information content (AvgIpc) is 3.40. The lowest BCUT2D eigenvalue weighted by Gasteiger charge is -2.42. The molecule has 1 saturated carbocycles. The fourth-order valence-corrected chi connectivity index (χ4v) is 7.25. The molecule has 7 heteroatoms. The summed E-state index contributed by atoms with van der Waals surface area (Å²) in [4.78, 5) is 20.9. The molecule has 2 saturated heterocycles. The highest BCUT2D eigenvalue weighted by Gasteiger charge is 2.41. The number of hydrogen-bond donors (Lipinski definition) is 0. The molecule has 2 aliphatic heterocycles. The zero-order valence-corrected chi connectivity index (χ0v) is 25.7. The molecule has 3 fully saturated rings. The minimum atomic E-state index is -0.118. The predicted octanol–water partition coefficient (Wildman–Crippen LogP) is 6.83. The first-order valence-electron chi connectivity index (χ1n) is 15.3. The molecule has 1 amide bonds. The first-order valence-corrected chi connectivity index (χ1v) is 16.0. The predicted molar refractivity (Wildman–Crippen MR) is 165 cm³/mol. The smallest absolute Gasteiger partial charge is 0.227 e. The molecule has 0 spiro atoms. The summed E-state index contributed by atoms with van der Waals surface area (Å²) in [5.41, 5.74) is 2.07. The third-order valence-corrected chi connectivity index (χ3v) is 10.0. The third-order valence-electron chi connectivity index (χ3n) is 9.27. The van der Waals surface area contributed by atoms with Gasteiger partial charge in [-0.05, 0) is 81.5 Å². The Kier molecular flexibility index (Phi) is 9.99. The van der Waals surface area contributed by atoms with E-state index in [4.69, 9.17) is 27.9 Å². The van der Waals surface area contributed by atoms with Crippen LogP contribution < -0.4 is 4.74 Å². The van der Waals surface area contributed by atoms with E-state index in [1.807, 2.05) is 50.2 Å². The number of carbonyl (C=O) groups excluding carboxylic acids is 1. The van der Waals surface area contributed by atoms with Gasteiger partial charge < -0.3 is 14.5 Å². The van der Waals surface area contributed by atoms with Crippen LogP contribution in [0.2, 0.25) is 10.0 Å². The molecule has 0 radical (unpaired) electrons. The number of hydrogen-bond acceptors (Lipinski definition) is 4. The molecule has 5 nitrogen and oxygen atoms in total. The number of ether oxygens (including phenoxy) is 1. The van der Waals surface area contributed by atoms with Crippen LogP contribution >= 0.6 is 23.2 Å². The first kappa shape index (κ1) is 29.7. The second-order valence-electron chi connectivity index (χ2n) is 12.4. The molecule has 1 unspecified atom stereocenters. The maximum Gasteiger partial charge on any atom is 0.227 e. The Morgan fingerprint density at radius 2 is 1.75 bits per heavy atom. The molecule has 1 atom stereocenters. The Hall–Kier alpha value is -1.79. The Labute approximate surface area is 250 Å². The van der Waals surface area contributed by atoms with Crippen LogP contribution in [-0.2, 0) is 16.6 Å². The van der Waals surface area contributed by atoms with Crippen LogP contribution in [0.3, 0.4) is 0 Å². The van der Waals surface area contributed by atoms with E-state index in [0.717, 1.165) is 56.4 Å². The molecular formula is C33H45Cl2N3O2. The van der Waals surface area contributed by atoms with Gasteiger partial charge in [-0.25, -0.2) is 0 Å². The highest BCUT2D eigenvalue weighted by molar-refractivity contribution is 6.42. The molecular weight excluding hydrogens is 541 g/mol. The van der Waals surface area contributed by atoms with Crippen LogP contribution in [0.5, 0.6) is 5.75 Å². The standard InChI is InChI=1S/C33H45Cl2N3O2/c1-25(2)40-29-10-6-7-26(21-29)22-32(39)38-16-14-33(24-38,27-11-12-30(34)31(35)23-27)13-15-36-17-19-37(20-18-36)28-8-4-3-5-9-28/h6-7,10-12,21,23,25,28H,3-5,8-9,13-20,22,24H2,1-2H3. The summed E-state index contributed by atoms with van der Waals surface area (Å²) >= 11 is 12.8. The van der Waals surface area contributed by atoms with Gasteiger partial charge in [-0.1, -0.05) is 60.7 Å². The number of rotatable bonds is 9. The molecule has 0 aromatic heterocycles. The van der Waals surface area contributed by atoms with Gasteiger partial charge in [0.25, 0.3) is 0 Å². The number of carbonyl (C=O) groups is 1. The minimum absolute atomic E-state index is 0.103. The van der Waals surface area contributed by atoms with Crippen molar-refractivity contribution in [2.45, 2.75) is 82.8 Å². The molecule has 218 valence electrons. The topological polar surface area (TPSA) is 36.0 Å². The van der Waals surface area contributed by atoms with Crippen molar-refractivity contribution in [3.05, 3.63) is 63.6 Å². The van der Waals surface area contributed by atoms with E-state index in [9.17, 15) is 4.79 Å². The van der Waals surface area contributed by atoms with Gasteiger partial charge in [-0.15, -0.1) is 0 Å². The van der Waals surface area contributed by atoms with Gasteiger partial charge in [-0.2, -0.15) is 0 Å². The fourth-order valence-electron chi connectivity index (χ4n) is 6.95. The Bertz CT molecular complexity index is 1140. The molecule has 0 bridgehead atoms. The van der Waals surface area contributed by atoms with Gasteiger partial charge in [0, 0.05) is 50.7 Å². The second kappa shape index (κ2) is 13.5. The Balaban J connectivity index is 1.24. The molecule has 3 aliphatic rings. The van der Waals surface area contributed by atoms with Gasteiger partial charge in [0.15, 0.2) is 0 Å². The first-order chi connectivity index (χ1) is 19.3. The lowest BCUT2D eigenvalue weighted by Crippen LogP contribution is -2.51. The van der Waals surface area contributed by atoms with Crippen molar-refractivity contribution in [2.75, 3.05) is 45.8 Å². The van der Waals surface area contributed by atoms with Crippen LogP contribution in [0.4, 0.5) is 0 Å². The maximum absolute atomic E-state index is 13.5. The molecule has 2 aromatic carbocycles. The van der Waals surface area contributed by atoms with Crippen LogP contribution in [0, 0.1) is 0 Å². The van der Waals surface area contributed by atoms with Crippen molar-refractivity contribution >= 4 is 29.1 Å². The minimum Gasteiger partial charge on any atom is -0.491 e. The zero-order chi connectivity index (χ0) is 28.1. The number of halogens is 2. The summed E-state index contributed by atoms with van der Waals surface area (Å²) in [5.74, 6) is 0.986. The molecule has 2 heterocycles. The van der Waals surface area contributed by atoms with Crippen LogP contribution in [0.15, 0.2) is 42.5 Å². The SMILES string of the molecule is CC(C)Oc1cccc(CC(=O)N2CCC(CCN3CCN(C4CCCCC4)CC3)(c3ccc(Cl)c(Cl)c3)C2)c1. The highest BCUT2D eigenvalue weighted by atomic mass is 35.5. The summed E-state index contributed by atoms with van der Waals surface area (Å²) in [7, 11) is 0. The van der Waals surface area contributed by atoms with E-state index in [0.29, 0.717) is 23.0 Å². The van der Waals surface area contributed by atoms with Crippen molar-refractivity contribution in [2.24, 2.45) is 0 Å². The lowest BCUT2D eigenvalue weighted by molar-refractivity contribution is -0.129. The van der Waals surface area contributed by atoms with E-state index in [2.05, 4.69) is 20.8 Å². The molecule has 0 N–H and O–H groups in total. The van der Waals surface area contributed by atoms with Crippen LogP contribution in [0.25, 0.3) is 0 Å². The average molecular weight is 587 g/mol. The van der Waals surface area contributed by atoms with Crippen LogP contribution in [0.1, 0.15) is 69.9 Å². The van der Waals surface area contributed by atoms with E-state index in [1.54, 1.807) is 0 Å². The summed E-state index contributed by atoms with van der Waals surface area (Å²) in [6.45, 7) is 11.2. The van der Waals surface area contributed by atoms with E-state index in [1.165, 1.54) is 50.8 Å². The van der Waals surface area contributed by atoms with E-state index < -0.39 is 0 Å². The maximum atomic E-state index is 13.5. The normalized spacial score (nSPS) is 23.2. The summed E-state index contributed by atoms with van der Waals surface area (Å²) in [6, 6.07) is 14.8. The summed E-state index contributed by atoms with van der Waals surface area (Å²) in [5, 5.41) is 1.17. The summed E-state index contributed by atoms with van der Waals surface area (Å²) < 4.78 is 5.85. The van der Waals surface area contributed by atoms with E-state index in [-0.39, 0.29) is 17.4 Å². The van der Waals surface area contributed by atoms with Gasteiger partial charge >= 0.3 is 0 Å². The number of benzene rings is 2. The number of nitrogens with zero attached hydrogens (tertiary/aromatic N) is 3. The van der Waals surface area contributed by atoms with Gasteiger partial charge in [-0.3, -0.25) is 9.69 Å². The third kappa shape index (κ3) is 7.34.